The molecular weight excluding hydrogens is 340 g/mol. The van der Waals surface area contributed by atoms with Gasteiger partial charge in [0.05, 0.1) is 5.75 Å². The van der Waals surface area contributed by atoms with E-state index in [2.05, 4.69) is 10.1 Å². The van der Waals surface area contributed by atoms with Crippen molar-refractivity contribution in [2.45, 2.75) is 45.5 Å². The quantitative estimate of drug-likeness (QED) is 0.814. The van der Waals surface area contributed by atoms with Crippen LogP contribution >= 0.6 is 0 Å². The number of nitrogens with zero attached hydrogens (tertiary/aromatic N) is 4. The number of hydrogen-bond acceptors (Lipinski definition) is 5. The van der Waals surface area contributed by atoms with Crippen LogP contribution in [0.5, 0.6) is 0 Å². The lowest BCUT2D eigenvalue weighted by Crippen LogP contribution is -2.34. The number of sulfone groups is 1. The normalized spacial score (nSPS) is 11.6. The molecule has 7 nitrogen and oxygen atoms in total. The SMILES string of the molecule is CCN(CC)C(=O)n1cnc(S(=O)(=O)Cc2c(C)cc(C)cc2C)n1. The molecule has 0 unspecified atom stereocenters. The molecule has 1 aromatic heterocycles. The smallest absolute Gasteiger partial charge is 0.323 e. The zero-order valence-electron chi connectivity index (χ0n) is 15.3. The Morgan fingerprint density at radius 3 is 2.20 bits per heavy atom. The van der Waals surface area contributed by atoms with Crippen molar-refractivity contribution in [3.63, 3.8) is 0 Å². The minimum Gasteiger partial charge on any atom is -0.323 e. The third-order valence-electron chi connectivity index (χ3n) is 4.15. The molecular formula is C17H24N4O3S. The van der Waals surface area contributed by atoms with Crippen LogP contribution in [0.2, 0.25) is 0 Å². The maximum atomic E-state index is 12.7. The second-order valence-electron chi connectivity index (χ2n) is 6.06. The molecule has 1 heterocycles. The first-order chi connectivity index (χ1) is 11.7. The lowest BCUT2D eigenvalue weighted by molar-refractivity contribution is 0.201. The van der Waals surface area contributed by atoms with Crippen LogP contribution in [0.4, 0.5) is 4.79 Å². The Morgan fingerprint density at radius 2 is 1.68 bits per heavy atom. The molecule has 0 aliphatic carbocycles. The molecule has 2 aromatic rings. The summed E-state index contributed by atoms with van der Waals surface area (Å²) in [5.74, 6) is -0.186. The van der Waals surface area contributed by atoms with Gasteiger partial charge in [-0.05, 0) is 51.3 Å². The fraction of sp³-hybridized carbons (Fsp3) is 0.471. The van der Waals surface area contributed by atoms with E-state index >= 15 is 0 Å². The highest BCUT2D eigenvalue weighted by molar-refractivity contribution is 7.90. The Hall–Kier alpha value is -2.22. The number of carbonyl (C=O) groups excluding carboxylic acids is 1. The molecule has 0 aliphatic rings. The molecule has 0 saturated heterocycles. The van der Waals surface area contributed by atoms with Crippen molar-refractivity contribution in [2.75, 3.05) is 13.1 Å². The minimum atomic E-state index is -3.74. The van der Waals surface area contributed by atoms with E-state index < -0.39 is 9.84 Å². The molecule has 0 spiro atoms. The largest absolute Gasteiger partial charge is 0.346 e. The van der Waals surface area contributed by atoms with Gasteiger partial charge in [-0.15, -0.1) is 5.10 Å². The molecule has 0 N–H and O–H groups in total. The third-order valence-corrected chi connectivity index (χ3v) is 5.57. The zero-order valence-corrected chi connectivity index (χ0v) is 16.1. The second kappa shape index (κ2) is 7.35. The second-order valence-corrected chi connectivity index (χ2v) is 7.95. The van der Waals surface area contributed by atoms with Crippen LogP contribution in [0.15, 0.2) is 23.6 Å². The van der Waals surface area contributed by atoms with Gasteiger partial charge in [-0.2, -0.15) is 4.68 Å². The molecule has 136 valence electrons. The fourth-order valence-corrected chi connectivity index (χ4v) is 4.20. The fourth-order valence-electron chi connectivity index (χ4n) is 2.81. The molecule has 0 atom stereocenters. The van der Waals surface area contributed by atoms with Crippen molar-refractivity contribution in [3.05, 3.63) is 40.7 Å². The third kappa shape index (κ3) is 4.07. The van der Waals surface area contributed by atoms with Gasteiger partial charge in [0.2, 0.25) is 9.84 Å². The number of rotatable bonds is 5. The summed E-state index contributed by atoms with van der Waals surface area (Å²) in [5, 5.41) is 3.57. The molecule has 2 rings (SSSR count). The van der Waals surface area contributed by atoms with E-state index in [0.717, 1.165) is 33.3 Å². The van der Waals surface area contributed by atoms with Crippen molar-refractivity contribution in [1.82, 2.24) is 19.7 Å². The first-order valence-electron chi connectivity index (χ1n) is 8.20. The summed E-state index contributed by atoms with van der Waals surface area (Å²) in [5.41, 5.74) is 3.67. The summed E-state index contributed by atoms with van der Waals surface area (Å²) in [6.07, 6.45) is 1.16. The van der Waals surface area contributed by atoms with E-state index in [-0.39, 0.29) is 16.9 Å². The molecule has 8 heteroatoms. The summed E-state index contributed by atoms with van der Waals surface area (Å²) >= 11 is 0. The predicted octanol–water partition coefficient (Wildman–Crippen LogP) is 2.49. The van der Waals surface area contributed by atoms with E-state index in [1.807, 2.05) is 46.8 Å². The molecule has 0 fully saturated rings. The Labute approximate surface area is 148 Å². The topological polar surface area (TPSA) is 85.2 Å². The van der Waals surface area contributed by atoms with Crippen molar-refractivity contribution in [3.8, 4) is 0 Å². The van der Waals surface area contributed by atoms with Gasteiger partial charge in [-0.25, -0.2) is 18.2 Å². The molecule has 0 saturated carbocycles. The zero-order chi connectivity index (χ0) is 18.8. The number of carbonyl (C=O) groups is 1. The first-order valence-corrected chi connectivity index (χ1v) is 9.85. The van der Waals surface area contributed by atoms with Gasteiger partial charge in [-0.3, -0.25) is 0 Å². The van der Waals surface area contributed by atoms with Crippen LogP contribution in [0.25, 0.3) is 0 Å². The Morgan fingerprint density at radius 1 is 1.12 bits per heavy atom. The van der Waals surface area contributed by atoms with Crippen LogP contribution in [0.3, 0.4) is 0 Å². The Balaban J connectivity index is 2.32. The molecule has 0 radical (unpaired) electrons. The van der Waals surface area contributed by atoms with E-state index in [1.165, 1.54) is 0 Å². The Bertz CT molecular complexity index is 860. The van der Waals surface area contributed by atoms with Gasteiger partial charge in [0.15, 0.2) is 0 Å². The minimum absolute atomic E-state index is 0.186. The predicted molar refractivity (Wildman–Crippen MR) is 95.3 cm³/mol. The van der Waals surface area contributed by atoms with Crippen molar-refractivity contribution >= 4 is 15.9 Å². The molecule has 1 amide bonds. The summed E-state index contributed by atoms with van der Waals surface area (Å²) in [6.45, 7) is 10.5. The van der Waals surface area contributed by atoms with Crippen LogP contribution in [0.1, 0.15) is 36.1 Å². The van der Waals surface area contributed by atoms with Gasteiger partial charge >= 0.3 is 6.03 Å². The highest BCUT2D eigenvalue weighted by atomic mass is 32.2. The summed E-state index contributed by atoms with van der Waals surface area (Å²) < 4.78 is 26.3. The van der Waals surface area contributed by atoms with E-state index in [1.54, 1.807) is 4.90 Å². The average molecular weight is 364 g/mol. The number of amides is 1. The lowest BCUT2D eigenvalue weighted by atomic mass is 10.0. The highest BCUT2D eigenvalue weighted by Crippen LogP contribution is 2.21. The maximum absolute atomic E-state index is 12.7. The molecule has 0 aliphatic heterocycles. The number of hydrogen-bond donors (Lipinski definition) is 0. The lowest BCUT2D eigenvalue weighted by Gasteiger charge is -2.17. The standard InChI is InChI=1S/C17H24N4O3S/c1-6-20(7-2)17(22)21-11-18-16(19-21)25(23,24)10-15-13(4)8-12(3)9-14(15)5/h8-9,11H,6-7,10H2,1-5H3. The van der Waals surface area contributed by atoms with E-state index in [0.29, 0.717) is 13.1 Å². The van der Waals surface area contributed by atoms with Gasteiger partial charge in [-0.1, -0.05) is 17.7 Å². The van der Waals surface area contributed by atoms with E-state index in [4.69, 9.17) is 0 Å². The van der Waals surface area contributed by atoms with Crippen molar-refractivity contribution in [2.24, 2.45) is 0 Å². The monoisotopic (exact) mass is 364 g/mol. The van der Waals surface area contributed by atoms with Crippen LogP contribution < -0.4 is 0 Å². The number of aromatic nitrogens is 3. The summed E-state index contributed by atoms with van der Waals surface area (Å²) in [6, 6.07) is 3.52. The summed E-state index contributed by atoms with van der Waals surface area (Å²) in [7, 11) is -3.74. The van der Waals surface area contributed by atoms with Crippen molar-refractivity contribution < 1.29 is 13.2 Å². The van der Waals surface area contributed by atoms with E-state index in [9.17, 15) is 13.2 Å². The number of benzene rings is 1. The highest BCUT2D eigenvalue weighted by Gasteiger charge is 2.24. The maximum Gasteiger partial charge on any atom is 0.346 e. The summed E-state index contributed by atoms with van der Waals surface area (Å²) in [4.78, 5) is 17.6. The van der Waals surface area contributed by atoms with Crippen molar-refractivity contribution in [1.29, 1.82) is 0 Å². The van der Waals surface area contributed by atoms with Crippen LogP contribution in [0, 0.1) is 20.8 Å². The van der Waals surface area contributed by atoms with Gasteiger partial charge < -0.3 is 4.90 Å². The van der Waals surface area contributed by atoms with Crippen LogP contribution in [-0.4, -0.2) is 47.2 Å². The number of aryl methyl sites for hydroxylation is 3. The van der Waals surface area contributed by atoms with Gasteiger partial charge in [0.25, 0.3) is 5.16 Å². The van der Waals surface area contributed by atoms with Crippen LogP contribution in [-0.2, 0) is 15.6 Å². The molecule has 25 heavy (non-hydrogen) atoms. The van der Waals surface area contributed by atoms with Gasteiger partial charge in [0.1, 0.15) is 6.33 Å². The van der Waals surface area contributed by atoms with Gasteiger partial charge in [0, 0.05) is 13.1 Å². The Kier molecular flexibility index (Phi) is 5.62. The average Bonchev–Trinajstić information content (AvgIpc) is 3.03. The first kappa shape index (κ1) is 19.1. The molecule has 0 bridgehead atoms. The molecule has 1 aromatic carbocycles.